The van der Waals surface area contributed by atoms with E-state index in [4.69, 9.17) is 10.5 Å². The number of carbonyl (C=O) groups is 2. The van der Waals surface area contributed by atoms with Gasteiger partial charge in [0.05, 0.1) is 0 Å². The van der Waals surface area contributed by atoms with Gasteiger partial charge in [-0.15, -0.1) is 0 Å². The van der Waals surface area contributed by atoms with E-state index in [0.717, 1.165) is 38.8 Å². The topological polar surface area (TPSA) is 91.5 Å². The summed E-state index contributed by atoms with van der Waals surface area (Å²) in [6.07, 6.45) is 4.47. The van der Waals surface area contributed by atoms with Crippen LogP contribution in [0.25, 0.3) is 0 Å². The summed E-state index contributed by atoms with van der Waals surface area (Å²) < 4.78 is 5.40. The predicted octanol–water partition coefficient (Wildman–Crippen LogP) is 1.65. The van der Waals surface area contributed by atoms with Gasteiger partial charge in [-0.05, 0) is 40.0 Å². The first-order valence-corrected chi connectivity index (χ1v) is 10.1. The molecule has 2 fully saturated rings. The minimum Gasteiger partial charge on any atom is -0.444 e. The lowest BCUT2D eigenvalue weighted by molar-refractivity contribution is -0.130. The van der Waals surface area contributed by atoms with Crippen molar-refractivity contribution in [3.05, 3.63) is 0 Å². The quantitative estimate of drug-likeness (QED) is 0.454. The summed E-state index contributed by atoms with van der Waals surface area (Å²) in [5.41, 5.74) is 5.62. The molecule has 0 bridgehead atoms. The zero-order chi connectivity index (χ0) is 19.9. The molecular formula is C19H35N5O3. The van der Waals surface area contributed by atoms with Crippen LogP contribution in [0.3, 0.4) is 0 Å². The van der Waals surface area contributed by atoms with Crippen LogP contribution in [0.5, 0.6) is 0 Å². The standard InChI is InChI=1S/C19H35N5O3/c1-19(2,3)27-18(26)24-14-12-23(13-15-24)17(20)21-9-7-11-22-10-6-4-5-8-16(22)25/h4-15H2,1-3H3,(H2,20,21). The Kier molecular flexibility index (Phi) is 7.74. The predicted molar refractivity (Wildman–Crippen MR) is 106 cm³/mol. The van der Waals surface area contributed by atoms with Crippen molar-refractivity contribution in [2.75, 3.05) is 45.8 Å². The average molecular weight is 382 g/mol. The van der Waals surface area contributed by atoms with Crippen LogP contribution < -0.4 is 5.73 Å². The van der Waals surface area contributed by atoms with Crippen LogP contribution >= 0.6 is 0 Å². The lowest BCUT2D eigenvalue weighted by atomic mass is 10.2. The number of rotatable bonds is 4. The fourth-order valence-corrected chi connectivity index (χ4v) is 3.27. The van der Waals surface area contributed by atoms with Gasteiger partial charge in [0.15, 0.2) is 5.96 Å². The first-order valence-electron chi connectivity index (χ1n) is 10.1. The van der Waals surface area contributed by atoms with Crippen molar-refractivity contribution in [1.29, 1.82) is 0 Å². The Bertz CT molecular complexity index is 536. The van der Waals surface area contributed by atoms with E-state index in [-0.39, 0.29) is 12.0 Å². The van der Waals surface area contributed by atoms with Gasteiger partial charge >= 0.3 is 6.09 Å². The third-order valence-electron chi connectivity index (χ3n) is 4.79. The highest BCUT2D eigenvalue weighted by molar-refractivity contribution is 5.78. The van der Waals surface area contributed by atoms with Crippen molar-refractivity contribution in [3.63, 3.8) is 0 Å². The van der Waals surface area contributed by atoms with Gasteiger partial charge in [0.2, 0.25) is 5.91 Å². The maximum Gasteiger partial charge on any atom is 0.410 e. The third kappa shape index (κ3) is 7.27. The molecule has 2 aliphatic rings. The molecule has 2 amide bonds. The number of ether oxygens (including phenoxy) is 1. The van der Waals surface area contributed by atoms with Gasteiger partial charge in [0.25, 0.3) is 0 Å². The number of amides is 2. The van der Waals surface area contributed by atoms with Crippen molar-refractivity contribution in [2.24, 2.45) is 10.7 Å². The molecule has 0 aromatic carbocycles. The van der Waals surface area contributed by atoms with Crippen LogP contribution in [-0.4, -0.2) is 84.1 Å². The van der Waals surface area contributed by atoms with Gasteiger partial charge in [-0.2, -0.15) is 0 Å². The van der Waals surface area contributed by atoms with Crippen molar-refractivity contribution < 1.29 is 14.3 Å². The Labute approximate surface area is 162 Å². The minimum atomic E-state index is -0.483. The van der Waals surface area contributed by atoms with Gasteiger partial charge in [-0.25, -0.2) is 4.79 Å². The van der Waals surface area contributed by atoms with E-state index >= 15 is 0 Å². The van der Waals surface area contributed by atoms with Crippen molar-refractivity contribution in [3.8, 4) is 0 Å². The summed E-state index contributed by atoms with van der Waals surface area (Å²) in [5.74, 6) is 0.781. The zero-order valence-electron chi connectivity index (χ0n) is 17.1. The van der Waals surface area contributed by atoms with Crippen LogP contribution in [0.1, 0.15) is 52.9 Å². The second-order valence-corrected chi connectivity index (χ2v) is 8.24. The Morgan fingerprint density at radius 2 is 1.74 bits per heavy atom. The molecule has 0 aliphatic carbocycles. The normalized spacial score (nSPS) is 19.9. The number of aliphatic imine (C=N–C) groups is 1. The molecule has 2 N–H and O–H groups in total. The van der Waals surface area contributed by atoms with Gasteiger partial charge in [0.1, 0.15) is 5.60 Å². The summed E-state index contributed by atoms with van der Waals surface area (Å²) in [4.78, 5) is 34.2. The molecule has 0 atom stereocenters. The van der Waals surface area contributed by atoms with Crippen LogP contribution in [0.4, 0.5) is 4.79 Å². The maximum atomic E-state index is 12.1. The molecule has 0 aromatic heterocycles. The number of nitrogens with zero attached hydrogens (tertiary/aromatic N) is 4. The van der Waals surface area contributed by atoms with E-state index in [1.165, 1.54) is 0 Å². The molecule has 0 unspecified atom stereocenters. The van der Waals surface area contributed by atoms with Gasteiger partial charge in [-0.3, -0.25) is 9.79 Å². The SMILES string of the molecule is CC(C)(C)OC(=O)N1CCN(C(N)=NCCCN2CCCCCC2=O)CC1. The highest BCUT2D eigenvalue weighted by Gasteiger charge is 2.26. The highest BCUT2D eigenvalue weighted by Crippen LogP contribution is 2.13. The molecule has 0 spiro atoms. The van der Waals surface area contributed by atoms with E-state index in [1.807, 2.05) is 30.6 Å². The number of hydrogen-bond acceptors (Lipinski definition) is 4. The van der Waals surface area contributed by atoms with E-state index in [1.54, 1.807) is 4.90 Å². The lowest BCUT2D eigenvalue weighted by Crippen LogP contribution is -2.53. The molecule has 0 aromatic rings. The first-order chi connectivity index (χ1) is 12.8. The minimum absolute atomic E-state index is 0.266. The lowest BCUT2D eigenvalue weighted by Gasteiger charge is -2.36. The molecule has 2 heterocycles. The number of hydrogen-bond donors (Lipinski definition) is 1. The van der Waals surface area contributed by atoms with E-state index in [2.05, 4.69) is 4.99 Å². The van der Waals surface area contributed by atoms with Crippen LogP contribution in [-0.2, 0) is 9.53 Å². The number of piperazine rings is 1. The molecule has 154 valence electrons. The molecular weight excluding hydrogens is 346 g/mol. The number of nitrogens with two attached hydrogens (primary N) is 1. The summed E-state index contributed by atoms with van der Waals surface area (Å²) in [6.45, 7) is 10.3. The van der Waals surface area contributed by atoms with Gasteiger partial charge in [0, 0.05) is 52.2 Å². The first kappa shape index (κ1) is 21.3. The van der Waals surface area contributed by atoms with Gasteiger partial charge < -0.3 is 25.2 Å². The van der Waals surface area contributed by atoms with Crippen molar-refractivity contribution >= 4 is 18.0 Å². The third-order valence-corrected chi connectivity index (χ3v) is 4.79. The molecule has 2 rings (SSSR count). The summed E-state index contributed by atoms with van der Waals surface area (Å²) >= 11 is 0. The van der Waals surface area contributed by atoms with Gasteiger partial charge in [-0.1, -0.05) is 6.42 Å². The van der Waals surface area contributed by atoms with E-state index < -0.39 is 5.60 Å². The molecule has 8 heteroatoms. The maximum absolute atomic E-state index is 12.1. The number of guanidine groups is 1. The molecule has 0 radical (unpaired) electrons. The fourth-order valence-electron chi connectivity index (χ4n) is 3.27. The van der Waals surface area contributed by atoms with Crippen molar-refractivity contribution in [1.82, 2.24) is 14.7 Å². The molecule has 27 heavy (non-hydrogen) atoms. The summed E-state index contributed by atoms with van der Waals surface area (Å²) in [6, 6.07) is 0. The molecule has 2 aliphatic heterocycles. The fraction of sp³-hybridized carbons (Fsp3) is 0.842. The smallest absolute Gasteiger partial charge is 0.410 e. The second kappa shape index (κ2) is 9.80. The second-order valence-electron chi connectivity index (χ2n) is 8.24. The van der Waals surface area contributed by atoms with Crippen molar-refractivity contribution in [2.45, 2.75) is 58.5 Å². The zero-order valence-corrected chi connectivity index (χ0v) is 17.1. The Balaban J connectivity index is 1.69. The van der Waals surface area contributed by atoms with Crippen LogP contribution in [0.2, 0.25) is 0 Å². The Morgan fingerprint density at radius 3 is 2.41 bits per heavy atom. The summed E-state index contributed by atoms with van der Waals surface area (Å²) in [7, 11) is 0. The number of likely N-dealkylation sites (tertiary alicyclic amines) is 1. The van der Waals surface area contributed by atoms with E-state index in [0.29, 0.717) is 45.1 Å². The molecule has 2 saturated heterocycles. The molecule has 0 saturated carbocycles. The molecule has 8 nitrogen and oxygen atoms in total. The van der Waals surface area contributed by atoms with E-state index in [9.17, 15) is 9.59 Å². The monoisotopic (exact) mass is 381 g/mol. The largest absolute Gasteiger partial charge is 0.444 e. The highest BCUT2D eigenvalue weighted by atomic mass is 16.6. The van der Waals surface area contributed by atoms with Crippen LogP contribution in [0, 0.1) is 0 Å². The average Bonchev–Trinajstić information content (AvgIpc) is 2.81. The summed E-state index contributed by atoms with van der Waals surface area (Å²) in [5, 5.41) is 0. The Hall–Kier alpha value is -1.99. The Morgan fingerprint density at radius 1 is 1.07 bits per heavy atom. The number of carbonyl (C=O) groups excluding carboxylic acids is 2. The van der Waals surface area contributed by atoms with Crippen LogP contribution in [0.15, 0.2) is 4.99 Å².